The Kier molecular flexibility index (Phi) is 9.14. The van der Waals surface area contributed by atoms with Gasteiger partial charge in [0.1, 0.15) is 5.01 Å². The summed E-state index contributed by atoms with van der Waals surface area (Å²) in [4.78, 5) is 8.87. The van der Waals surface area contributed by atoms with Gasteiger partial charge in [0.05, 0.1) is 18.8 Å². The van der Waals surface area contributed by atoms with E-state index < -0.39 is 0 Å². The first kappa shape index (κ1) is 20.4. The summed E-state index contributed by atoms with van der Waals surface area (Å²) in [6.45, 7) is 7.37. The third-order valence-corrected chi connectivity index (χ3v) is 4.79. The highest BCUT2D eigenvalue weighted by Gasteiger charge is 2.06. The molecule has 0 saturated carbocycles. The standard InChI is InChI=1S/C20H30N4OS/c1-16(2)18-15-26-19(24-18)14-23-20(21-3)22-11-7-12-25-13-10-17-8-5-4-6-9-17/h4-6,8-9,15-16H,7,10-14H2,1-3H3,(H2,21,22,23). The summed E-state index contributed by atoms with van der Waals surface area (Å²) in [5.74, 6) is 1.27. The van der Waals surface area contributed by atoms with Gasteiger partial charge in [0.25, 0.3) is 0 Å². The number of benzene rings is 1. The van der Waals surface area contributed by atoms with Crippen molar-refractivity contribution < 1.29 is 4.74 Å². The van der Waals surface area contributed by atoms with E-state index in [2.05, 4.69) is 64.1 Å². The quantitative estimate of drug-likeness (QED) is 0.379. The van der Waals surface area contributed by atoms with Crippen LogP contribution in [0.15, 0.2) is 40.7 Å². The van der Waals surface area contributed by atoms with Crippen LogP contribution in [0.1, 0.15) is 42.5 Å². The fourth-order valence-electron chi connectivity index (χ4n) is 2.37. The van der Waals surface area contributed by atoms with Crippen LogP contribution in [0.5, 0.6) is 0 Å². The molecule has 0 saturated heterocycles. The third kappa shape index (κ3) is 7.54. The molecule has 2 rings (SSSR count). The van der Waals surface area contributed by atoms with Crippen molar-refractivity contribution in [3.05, 3.63) is 52.0 Å². The van der Waals surface area contributed by atoms with E-state index in [0.717, 1.165) is 49.3 Å². The smallest absolute Gasteiger partial charge is 0.191 e. The Hall–Kier alpha value is -1.92. The number of hydrogen-bond donors (Lipinski definition) is 2. The van der Waals surface area contributed by atoms with Gasteiger partial charge in [0.15, 0.2) is 5.96 Å². The van der Waals surface area contributed by atoms with E-state index in [4.69, 9.17) is 4.74 Å². The molecule has 6 heteroatoms. The Labute approximate surface area is 160 Å². The highest BCUT2D eigenvalue weighted by molar-refractivity contribution is 7.09. The molecule has 0 aliphatic heterocycles. The van der Waals surface area contributed by atoms with E-state index in [1.807, 2.05) is 6.07 Å². The lowest BCUT2D eigenvalue weighted by Gasteiger charge is -2.11. The summed E-state index contributed by atoms with van der Waals surface area (Å²) < 4.78 is 5.70. The molecule has 26 heavy (non-hydrogen) atoms. The summed E-state index contributed by atoms with van der Waals surface area (Å²) in [6, 6.07) is 10.4. The zero-order valence-corrected chi connectivity index (χ0v) is 16.8. The highest BCUT2D eigenvalue weighted by Crippen LogP contribution is 2.17. The third-order valence-electron chi connectivity index (χ3n) is 3.93. The largest absolute Gasteiger partial charge is 0.381 e. The molecular formula is C20H30N4OS. The number of nitrogens with one attached hydrogen (secondary N) is 2. The maximum Gasteiger partial charge on any atom is 0.191 e. The molecule has 2 aromatic rings. The molecule has 0 radical (unpaired) electrons. The number of guanidine groups is 1. The van der Waals surface area contributed by atoms with E-state index in [0.29, 0.717) is 12.5 Å². The second-order valence-corrected chi connectivity index (χ2v) is 7.32. The molecule has 2 N–H and O–H groups in total. The molecule has 1 heterocycles. The lowest BCUT2D eigenvalue weighted by Crippen LogP contribution is -2.37. The van der Waals surface area contributed by atoms with E-state index in [1.54, 1.807) is 18.4 Å². The van der Waals surface area contributed by atoms with Gasteiger partial charge in [-0.05, 0) is 24.3 Å². The van der Waals surface area contributed by atoms with Crippen LogP contribution in [-0.4, -0.2) is 37.7 Å². The maximum atomic E-state index is 5.70. The minimum Gasteiger partial charge on any atom is -0.381 e. The summed E-state index contributed by atoms with van der Waals surface area (Å²) in [6.07, 6.45) is 1.91. The summed E-state index contributed by atoms with van der Waals surface area (Å²) in [7, 11) is 1.78. The first-order chi connectivity index (χ1) is 12.7. The first-order valence-electron chi connectivity index (χ1n) is 9.19. The molecule has 0 spiro atoms. The number of nitrogens with zero attached hydrogens (tertiary/aromatic N) is 2. The minimum atomic E-state index is 0.472. The Morgan fingerprint density at radius 3 is 2.69 bits per heavy atom. The maximum absolute atomic E-state index is 5.70. The topological polar surface area (TPSA) is 58.5 Å². The molecular weight excluding hydrogens is 344 g/mol. The molecule has 5 nitrogen and oxygen atoms in total. The van der Waals surface area contributed by atoms with Crippen LogP contribution in [-0.2, 0) is 17.7 Å². The Bertz CT molecular complexity index is 655. The van der Waals surface area contributed by atoms with Gasteiger partial charge in [-0.1, -0.05) is 44.2 Å². The molecule has 0 bridgehead atoms. The number of thiazole rings is 1. The van der Waals surface area contributed by atoms with Crippen LogP contribution in [0.3, 0.4) is 0 Å². The first-order valence-corrected chi connectivity index (χ1v) is 10.1. The molecule has 1 aromatic carbocycles. The zero-order chi connectivity index (χ0) is 18.6. The second-order valence-electron chi connectivity index (χ2n) is 6.37. The minimum absolute atomic E-state index is 0.472. The van der Waals surface area contributed by atoms with Gasteiger partial charge in [-0.15, -0.1) is 11.3 Å². The lowest BCUT2D eigenvalue weighted by atomic mass is 10.2. The van der Waals surface area contributed by atoms with Crippen molar-refractivity contribution in [3.63, 3.8) is 0 Å². The van der Waals surface area contributed by atoms with Crippen LogP contribution in [0.25, 0.3) is 0 Å². The molecule has 0 amide bonds. The molecule has 1 aromatic heterocycles. The van der Waals surface area contributed by atoms with Gasteiger partial charge in [-0.25, -0.2) is 4.98 Å². The Morgan fingerprint density at radius 1 is 1.19 bits per heavy atom. The van der Waals surface area contributed by atoms with E-state index in [1.165, 1.54) is 5.56 Å². The lowest BCUT2D eigenvalue weighted by molar-refractivity contribution is 0.135. The summed E-state index contributed by atoms with van der Waals surface area (Å²) in [5.41, 5.74) is 2.47. The monoisotopic (exact) mass is 374 g/mol. The molecule has 142 valence electrons. The van der Waals surface area contributed by atoms with Crippen LogP contribution < -0.4 is 10.6 Å². The fraction of sp³-hybridized carbons (Fsp3) is 0.500. The fourth-order valence-corrected chi connectivity index (χ4v) is 3.26. The predicted molar refractivity (Wildman–Crippen MR) is 110 cm³/mol. The van der Waals surface area contributed by atoms with Crippen molar-refractivity contribution in [2.45, 2.75) is 39.2 Å². The van der Waals surface area contributed by atoms with Crippen LogP contribution in [0.4, 0.5) is 0 Å². The summed E-state index contributed by atoms with van der Waals surface area (Å²) >= 11 is 1.69. The zero-order valence-electron chi connectivity index (χ0n) is 16.0. The van der Waals surface area contributed by atoms with Crippen LogP contribution in [0, 0.1) is 0 Å². The molecule has 0 aliphatic carbocycles. The van der Waals surface area contributed by atoms with Crippen molar-refractivity contribution in [2.24, 2.45) is 4.99 Å². The van der Waals surface area contributed by atoms with E-state index >= 15 is 0 Å². The number of ether oxygens (including phenoxy) is 1. The van der Waals surface area contributed by atoms with Gasteiger partial charge in [0.2, 0.25) is 0 Å². The molecule has 0 unspecified atom stereocenters. The van der Waals surface area contributed by atoms with E-state index in [9.17, 15) is 0 Å². The van der Waals surface area contributed by atoms with Crippen LogP contribution >= 0.6 is 11.3 Å². The van der Waals surface area contributed by atoms with Crippen LogP contribution in [0.2, 0.25) is 0 Å². The molecule has 0 aliphatic rings. The van der Waals surface area contributed by atoms with Crippen molar-refractivity contribution >= 4 is 17.3 Å². The van der Waals surface area contributed by atoms with Gasteiger partial charge in [-0.2, -0.15) is 0 Å². The van der Waals surface area contributed by atoms with Gasteiger partial charge < -0.3 is 15.4 Å². The number of aromatic nitrogens is 1. The van der Waals surface area contributed by atoms with Crippen molar-refractivity contribution in [1.29, 1.82) is 0 Å². The van der Waals surface area contributed by atoms with Crippen molar-refractivity contribution in [1.82, 2.24) is 15.6 Å². The average Bonchev–Trinajstić information content (AvgIpc) is 3.13. The number of rotatable bonds is 10. The predicted octanol–water partition coefficient (Wildman–Crippen LogP) is 3.58. The van der Waals surface area contributed by atoms with Crippen molar-refractivity contribution in [3.8, 4) is 0 Å². The van der Waals surface area contributed by atoms with Gasteiger partial charge in [0, 0.05) is 25.6 Å². The average molecular weight is 375 g/mol. The van der Waals surface area contributed by atoms with Gasteiger partial charge >= 0.3 is 0 Å². The second kappa shape index (κ2) is 11.6. The SMILES string of the molecule is CN=C(NCCCOCCc1ccccc1)NCc1nc(C(C)C)cs1. The van der Waals surface area contributed by atoms with E-state index in [-0.39, 0.29) is 0 Å². The Balaban J connectivity index is 1.54. The number of aliphatic imine (C=N–C) groups is 1. The highest BCUT2D eigenvalue weighted by atomic mass is 32.1. The molecule has 0 fully saturated rings. The summed E-state index contributed by atoms with van der Waals surface area (Å²) in [5, 5.41) is 9.83. The number of hydrogen-bond acceptors (Lipinski definition) is 4. The van der Waals surface area contributed by atoms with Gasteiger partial charge in [-0.3, -0.25) is 4.99 Å². The Morgan fingerprint density at radius 2 is 2.00 bits per heavy atom. The van der Waals surface area contributed by atoms with Crippen molar-refractivity contribution in [2.75, 3.05) is 26.8 Å². The molecule has 0 atom stereocenters. The normalized spacial score (nSPS) is 11.8.